The largest absolute Gasteiger partial charge is 0.461 e. The highest BCUT2D eigenvalue weighted by Crippen LogP contribution is 2.31. The van der Waals surface area contributed by atoms with Crippen molar-refractivity contribution >= 4 is 28.3 Å². The molecule has 0 spiro atoms. The SMILES string of the molecule is CN1C=COc2ccc(I)cc21. The summed E-state index contributed by atoms with van der Waals surface area (Å²) in [4.78, 5) is 2.04. The van der Waals surface area contributed by atoms with Gasteiger partial charge in [-0.2, -0.15) is 0 Å². The summed E-state index contributed by atoms with van der Waals surface area (Å²) in [6, 6.07) is 6.11. The van der Waals surface area contributed by atoms with Gasteiger partial charge in [0.1, 0.15) is 12.0 Å². The van der Waals surface area contributed by atoms with E-state index in [9.17, 15) is 0 Å². The molecule has 3 heteroatoms. The van der Waals surface area contributed by atoms with Gasteiger partial charge in [0.15, 0.2) is 0 Å². The third-order valence-corrected chi connectivity index (χ3v) is 2.45. The molecule has 1 aliphatic heterocycles. The van der Waals surface area contributed by atoms with Crippen molar-refractivity contribution in [3.63, 3.8) is 0 Å². The Morgan fingerprint density at radius 3 is 3.08 bits per heavy atom. The van der Waals surface area contributed by atoms with Crippen LogP contribution in [0.2, 0.25) is 0 Å². The summed E-state index contributed by atoms with van der Waals surface area (Å²) in [5.74, 6) is 0.917. The molecule has 1 aromatic carbocycles. The Balaban J connectivity index is 2.52. The smallest absolute Gasteiger partial charge is 0.150 e. The Hall–Kier alpha value is -0.710. The number of anilines is 1. The molecule has 2 nitrogen and oxygen atoms in total. The molecule has 1 heterocycles. The molecule has 2 rings (SSSR count). The molecule has 0 aliphatic carbocycles. The minimum absolute atomic E-state index is 0.917. The molecule has 1 aliphatic rings. The molecule has 0 atom stereocenters. The van der Waals surface area contributed by atoms with Crippen LogP contribution in [0, 0.1) is 3.57 Å². The summed E-state index contributed by atoms with van der Waals surface area (Å²) in [5.41, 5.74) is 1.12. The van der Waals surface area contributed by atoms with Crippen molar-refractivity contribution in [2.75, 3.05) is 11.9 Å². The second kappa shape index (κ2) is 2.97. The van der Waals surface area contributed by atoms with E-state index in [1.54, 1.807) is 6.26 Å². The number of benzene rings is 1. The molecule has 0 radical (unpaired) electrons. The highest BCUT2D eigenvalue weighted by atomic mass is 127. The molecular formula is C9H8INO. The summed E-state index contributed by atoms with van der Waals surface area (Å²) in [5, 5.41) is 0. The van der Waals surface area contributed by atoms with E-state index in [-0.39, 0.29) is 0 Å². The van der Waals surface area contributed by atoms with Crippen LogP contribution in [-0.4, -0.2) is 7.05 Å². The van der Waals surface area contributed by atoms with Gasteiger partial charge in [-0.15, -0.1) is 0 Å². The van der Waals surface area contributed by atoms with Crippen molar-refractivity contribution in [3.05, 3.63) is 34.2 Å². The first-order valence-electron chi connectivity index (χ1n) is 3.63. The van der Waals surface area contributed by atoms with Crippen LogP contribution in [0.15, 0.2) is 30.7 Å². The molecule has 0 fully saturated rings. The number of ether oxygens (including phenoxy) is 1. The zero-order valence-electron chi connectivity index (χ0n) is 6.62. The molecule has 0 saturated carbocycles. The lowest BCUT2D eigenvalue weighted by molar-refractivity contribution is 0.471. The van der Waals surface area contributed by atoms with Crippen molar-refractivity contribution in [2.24, 2.45) is 0 Å². The number of rotatable bonds is 0. The Morgan fingerprint density at radius 1 is 1.42 bits per heavy atom. The quantitative estimate of drug-likeness (QED) is 0.674. The van der Waals surface area contributed by atoms with Gasteiger partial charge in [-0.3, -0.25) is 0 Å². The van der Waals surface area contributed by atoms with Gasteiger partial charge in [0.05, 0.1) is 5.69 Å². The van der Waals surface area contributed by atoms with Crippen LogP contribution in [0.1, 0.15) is 0 Å². The van der Waals surface area contributed by atoms with E-state index < -0.39 is 0 Å². The Labute approximate surface area is 85.0 Å². The highest BCUT2D eigenvalue weighted by Gasteiger charge is 2.10. The fourth-order valence-electron chi connectivity index (χ4n) is 1.14. The minimum Gasteiger partial charge on any atom is -0.461 e. The number of nitrogens with zero attached hydrogens (tertiary/aromatic N) is 1. The van der Waals surface area contributed by atoms with Gasteiger partial charge in [0.25, 0.3) is 0 Å². The first kappa shape index (κ1) is 7.91. The molecule has 62 valence electrons. The summed E-state index contributed by atoms with van der Waals surface area (Å²) >= 11 is 2.29. The van der Waals surface area contributed by atoms with Crippen LogP contribution in [0.3, 0.4) is 0 Å². The fourth-order valence-corrected chi connectivity index (χ4v) is 1.62. The van der Waals surface area contributed by atoms with Crippen LogP contribution < -0.4 is 9.64 Å². The highest BCUT2D eigenvalue weighted by molar-refractivity contribution is 14.1. The Bertz CT molecular complexity index is 335. The predicted molar refractivity (Wildman–Crippen MR) is 57.3 cm³/mol. The molecule has 12 heavy (non-hydrogen) atoms. The standard InChI is InChI=1S/C9H8INO/c1-11-4-5-12-9-3-2-7(10)6-8(9)11/h2-6H,1H3. The average Bonchev–Trinajstić information content (AvgIpc) is 2.07. The van der Waals surface area contributed by atoms with Crippen LogP contribution >= 0.6 is 22.6 Å². The second-order valence-corrected chi connectivity index (χ2v) is 3.87. The Kier molecular flexibility index (Phi) is 1.96. The third kappa shape index (κ3) is 1.29. The summed E-state index contributed by atoms with van der Waals surface area (Å²) in [7, 11) is 2.01. The monoisotopic (exact) mass is 273 g/mol. The zero-order chi connectivity index (χ0) is 8.55. The van der Waals surface area contributed by atoms with E-state index in [4.69, 9.17) is 4.74 Å². The summed E-state index contributed by atoms with van der Waals surface area (Å²) in [6.07, 6.45) is 3.59. The van der Waals surface area contributed by atoms with E-state index in [0.717, 1.165) is 11.4 Å². The van der Waals surface area contributed by atoms with E-state index >= 15 is 0 Å². The van der Waals surface area contributed by atoms with Crippen molar-refractivity contribution < 1.29 is 4.74 Å². The Morgan fingerprint density at radius 2 is 2.25 bits per heavy atom. The number of hydrogen-bond donors (Lipinski definition) is 0. The summed E-state index contributed by atoms with van der Waals surface area (Å²) < 4.78 is 6.54. The number of hydrogen-bond acceptors (Lipinski definition) is 2. The first-order chi connectivity index (χ1) is 5.77. The summed E-state index contributed by atoms with van der Waals surface area (Å²) in [6.45, 7) is 0. The van der Waals surface area contributed by atoms with Gasteiger partial charge in [-0.25, -0.2) is 0 Å². The maximum absolute atomic E-state index is 5.32. The molecule has 0 unspecified atom stereocenters. The lowest BCUT2D eigenvalue weighted by Gasteiger charge is -2.21. The van der Waals surface area contributed by atoms with Gasteiger partial charge in [-0.05, 0) is 40.8 Å². The second-order valence-electron chi connectivity index (χ2n) is 2.63. The van der Waals surface area contributed by atoms with Crippen LogP contribution in [0.4, 0.5) is 5.69 Å². The van der Waals surface area contributed by atoms with Crippen molar-refractivity contribution in [1.29, 1.82) is 0 Å². The molecule has 0 N–H and O–H groups in total. The fraction of sp³-hybridized carbons (Fsp3) is 0.111. The predicted octanol–water partition coefficient (Wildman–Crippen LogP) is 2.59. The molecule has 0 saturated heterocycles. The molecule has 1 aromatic rings. The van der Waals surface area contributed by atoms with Gasteiger partial charge in [0.2, 0.25) is 0 Å². The molecular weight excluding hydrogens is 265 g/mol. The molecule has 0 aromatic heterocycles. The topological polar surface area (TPSA) is 12.5 Å². The first-order valence-corrected chi connectivity index (χ1v) is 4.71. The lowest BCUT2D eigenvalue weighted by atomic mass is 10.2. The zero-order valence-corrected chi connectivity index (χ0v) is 8.78. The van der Waals surface area contributed by atoms with E-state index in [1.807, 2.05) is 30.3 Å². The maximum atomic E-state index is 5.32. The molecule has 0 amide bonds. The molecule has 0 bridgehead atoms. The number of halogens is 1. The van der Waals surface area contributed by atoms with Crippen LogP contribution in [-0.2, 0) is 0 Å². The van der Waals surface area contributed by atoms with Gasteiger partial charge in [-0.1, -0.05) is 0 Å². The number of fused-ring (bicyclic) bond motifs is 1. The maximum Gasteiger partial charge on any atom is 0.150 e. The van der Waals surface area contributed by atoms with E-state index in [1.165, 1.54) is 3.57 Å². The van der Waals surface area contributed by atoms with Crippen molar-refractivity contribution in [3.8, 4) is 5.75 Å². The van der Waals surface area contributed by atoms with E-state index in [2.05, 4.69) is 28.7 Å². The lowest BCUT2D eigenvalue weighted by Crippen LogP contribution is -2.13. The normalized spacial score (nSPS) is 14.0. The third-order valence-electron chi connectivity index (χ3n) is 1.78. The van der Waals surface area contributed by atoms with Crippen LogP contribution in [0.5, 0.6) is 5.75 Å². The van der Waals surface area contributed by atoms with E-state index in [0.29, 0.717) is 0 Å². The minimum atomic E-state index is 0.917. The van der Waals surface area contributed by atoms with Gasteiger partial charge in [0, 0.05) is 16.8 Å². The van der Waals surface area contributed by atoms with Crippen molar-refractivity contribution in [1.82, 2.24) is 0 Å². The van der Waals surface area contributed by atoms with Gasteiger partial charge < -0.3 is 9.64 Å². The average molecular weight is 273 g/mol. The van der Waals surface area contributed by atoms with Crippen molar-refractivity contribution in [2.45, 2.75) is 0 Å². The van der Waals surface area contributed by atoms with Gasteiger partial charge >= 0.3 is 0 Å². The van der Waals surface area contributed by atoms with Crippen LogP contribution in [0.25, 0.3) is 0 Å².